The second-order valence-electron chi connectivity index (χ2n) is 2.65. The van der Waals surface area contributed by atoms with E-state index in [-0.39, 0.29) is 17.9 Å². The molecule has 1 aromatic rings. The van der Waals surface area contributed by atoms with E-state index in [2.05, 4.69) is 20.3 Å². The van der Waals surface area contributed by atoms with E-state index in [4.69, 9.17) is 21.4 Å². The van der Waals surface area contributed by atoms with Crippen molar-refractivity contribution < 1.29 is 9.84 Å². The number of ether oxygens (including phenoxy) is 1. The molecule has 0 atom stereocenters. The van der Waals surface area contributed by atoms with Crippen molar-refractivity contribution in [2.24, 2.45) is 0 Å². The van der Waals surface area contributed by atoms with Crippen molar-refractivity contribution in [2.45, 2.75) is 13.3 Å². The molecule has 0 aliphatic carbocycles. The van der Waals surface area contributed by atoms with E-state index in [9.17, 15) is 0 Å². The first-order valence-electron chi connectivity index (χ1n) is 4.65. The Kier molecular flexibility index (Phi) is 5.06. The van der Waals surface area contributed by atoms with E-state index in [0.29, 0.717) is 25.5 Å². The van der Waals surface area contributed by atoms with E-state index >= 15 is 0 Å². The normalized spacial score (nSPS) is 10.1. The summed E-state index contributed by atoms with van der Waals surface area (Å²) in [4.78, 5) is 11.6. The van der Waals surface area contributed by atoms with E-state index < -0.39 is 0 Å². The van der Waals surface area contributed by atoms with Gasteiger partial charge in [0.2, 0.25) is 11.2 Å². The Morgan fingerprint density at radius 1 is 1.40 bits per heavy atom. The number of aromatic nitrogens is 3. The van der Waals surface area contributed by atoms with Crippen LogP contribution in [0.1, 0.15) is 13.3 Å². The summed E-state index contributed by atoms with van der Waals surface area (Å²) < 4.78 is 5.10. The Morgan fingerprint density at radius 3 is 2.87 bits per heavy atom. The molecule has 15 heavy (non-hydrogen) atoms. The van der Waals surface area contributed by atoms with Crippen LogP contribution in [0.15, 0.2) is 0 Å². The third-order valence-corrected chi connectivity index (χ3v) is 1.65. The minimum atomic E-state index is 0.0833. The molecular weight excluding hydrogens is 220 g/mol. The molecule has 84 valence electrons. The van der Waals surface area contributed by atoms with Gasteiger partial charge in [-0.2, -0.15) is 15.0 Å². The van der Waals surface area contributed by atoms with Gasteiger partial charge in [-0.15, -0.1) is 0 Å². The number of nitrogens with zero attached hydrogens (tertiary/aromatic N) is 3. The first-order valence-corrected chi connectivity index (χ1v) is 5.03. The Morgan fingerprint density at radius 2 is 2.20 bits per heavy atom. The molecule has 6 nitrogen and oxygen atoms in total. The first-order chi connectivity index (χ1) is 7.26. The number of hydrogen-bond donors (Lipinski definition) is 2. The van der Waals surface area contributed by atoms with E-state index in [1.54, 1.807) is 0 Å². The van der Waals surface area contributed by atoms with Gasteiger partial charge in [0.15, 0.2) is 0 Å². The SMILES string of the molecule is CCOc1nc(Cl)nc(NCCCO)n1. The van der Waals surface area contributed by atoms with E-state index in [0.717, 1.165) is 0 Å². The summed E-state index contributed by atoms with van der Waals surface area (Å²) in [5.74, 6) is 0.354. The maximum Gasteiger partial charge on any atom is 0.322 e. The molecule has 0 fully saturated rings. The molecule has 0 amide bonds. The van der Waals surface area contributed by atoms with Gasteiger partial charge >= 0.3 is 6.01 Å². The van der Waals surface area contributed by atoms with Crippen LogP contribution in [0, 0.1) is 0 Å². The molecular formula is C8H13ClN4O2. The van der Waals surface area contributed by atoms with E-state index in [1.165, 1.54) is 0 Å². The number of halogens is 1. The highest BCUT2D eigenvalue weighted by atomic mass is 35.5. The van der Waals surface area contributed by atoms with Crippen LogP contribution >= 0.6 is 11.6 Å². The van der Waals surface area contributed by atoms with Crippen molar-refractivity contribution >= 4 is 17.5 Å². The maximum absolute atomic E-state index is 8.59. The molecule has 0 saturated carbocycles. The smallest absolute Gasteiger partial charge is 0.322 e. The van der Waals surface area contributed by atoms with Gasteiger partial charge in [-0.3, -0.25) is 0 Å². The Bertz CT molecular complexity index is 311. The molecule has 0 unspecified atom stereocenters. The molecule has 2 N–H and O–H groups in total. The van der Waals surface area contributed by atoms with Crippen LogP contribution in [0.4, 0.5) is 5.95 Å². The third kappa shape index (κ3) is 4.26. The second kappa shape index (κ2) is 6.36. The maximum atomic E-state index is 8.59. The lowest BCUT2D eigenvalue weighted by Crippen LogP contribution is -2.09. The van der Waals surface area contributed by atoms with Crippen LogP contribution in [-0.4, -0.2) is 39.8 Å². The highest BCUT2D eigenvalue weighted by Gasteiger charge is 2.04. The Hall–Kier alpha value is -1.14. The summed E-state index contributed by atoms with van der Waals surface area (Å²) in [7, 11) is 0. The molecule has 0 aliphatic heterocycles. The summed E-state index contributed by atoms with van der Waals surface area (Å²) in [5, 5.41) is 11.6. The number of rotatable bonds is 6. The molecule has 7 heteroatoms. The molecule has 0 aliphatic rings. The minimum Gasteiger partial charge on any atom is -0.464 e. The van der Waals surface area contributed by atoms with Gasteiger partial charge < -0.3 is 15.2 Å². The number of aliphatic hydroxyl groups is 1. The summed E-state index contributed by atoms with van der Waals surface area (Å²) >= 11 is 5.67. The van der Waals surface area contributed by atoms with Gasteiger partial charge in [-0.05, 0) is 24.9 Å². The topological polar surface area (TPSA) is 80.2 Å². The zero-order chi connectivity index (χ0) is 11.1. The predicted octanol–water partition coefficient (Wildman–Crippen LogP) is 0.718. The zero-order valence-corrected chi connectivity index (χ0v) is 9.16. The fourth-order valence-corrected chi connectivity index (χ4v) is 1.04. The molecule has 0 radical (unpaired) electrons. The number of aliphatic hydroxyl groups excluding tert-OH is 1. The minimum absolute atomic E-state index is 0.0833. The van der Waals surface area contributed by atoms with E-state index in [1.807, 2.05) is 6.92 Å². The summed E-state index contributed by atoms with van der Waals surface area (Å²) in [6.45, 7) is 2.99. The summed E-state index contributed by atoms with van der Waals surface area (Å²) in [6.07, 6.45) is 0.618. The molecule has 1 aromatic heterocycles. The molecule has 0 aromatic carbocycles. The van der Waals surface area contributed by atoms with Gasteiger partial charge in [0.1, 0.15) is 0 Å². The zero-order valence-electron chi connectivity index (χ0n) is 8.40. The highest BCUT2D eigenvalue weighted by Crippen LogP contribution is 2.10. The van der Waals surface area contributed by atoms with Crippen LogP contribution in [0.25, 0.3) is 0 Å². The fraction of sp³-hybridized carbons (Fsp3) is 0.625. The number of anilines is 1. The van der Waals surface area contributed by atoms with Crippen LogP contribution in [0.2, 0.25) is 5.28 Å². The Labute approximate surface area is 92.7 Å². The quantitative estimate of drug-likeness (QED) is 0.704. The summed E-state index contributed by atoms with van der Waals surface area (Å²) in [6, 6.07) is 0.198. The van der Waals surface area contributed by atoms with Crippen molar-refractivity contribution in [1.82, 2.24) is 15.0 Å². The van der Waals surface area contributed by atoms with Gasteiger partial charge in [-0.1, -0.05) is 0 Å². The molecule has 0 spiro atoms. The van der Waals surface area contributed by atoms with Gasteiger partial charge in [0, 0.05) is 13.2 Å². The van der Waals surface area contributed by atoms with Crippen LogP contribution < -0.4 is 10.1 Å². The van der Waals surface area contributed by atoms with Crippen LogP contribution in [0.5, 0.6) is 6.01 Å². The van der Waals surface area contributed by atoms with Gasteiger partial charge in [0.25, 0.3) is 0 Å². The van der Waals surface area contributed by atoms with Crippen molar-refractivity contribution in [3.05, 3.63) is 5.28 Å². The lowest BCUT2D eigenvalue weighted by atomic mass is 10.4. The van der Waals surface area contributed by atoms with Crippen molar-refractivity contribution in [3.63, 3.8) is 0 Å². The molecule has 0 bridgehead atoms. The molecule has 1 heterocycles. The van der Waals surface area contributed by atoms with Crippen LogP contribution in [-0.2, 0) is 0 Å². The average Bonchev–Trinajstić information content (AvgIpc) is 2.18. The fourth-order valence-electron chi connectivity index (χ4n) is 0.884. The highest BCUT2D eigenvalue weighted by molar-refractivity contribution is 6.28. The lowest BCUT2D eigenvalue weighted by Gasteiger charge is -2.05. The van der Waals surface area contributed by atoms with Gasteiger partial charge in [-0.25, -0.2) is 0 Å². The summed E-state index contributed by atoms with van der Waals surface area (Å²) in [5.41, 5.74) is 0. The van der Waals surface area contributed by atoms with Crippen LogP contribution in [0.3, 0.4) is 0 Å². The number of nitrogens with one attached hydrogen (secondary N) is 1. The second-order valence-corrected chi connectivity index (χ2v) is 2.99. The number of hydrogen-bond acceptors (Lipinski definition) is 6. The van der Waals surface area contributed by atoms with Crippen molar-refractivity contribution in [2.75, 3.05) is 25.1 Å². The monoisotopic (exact) mass is 232 g/mol. The van der Waals surface area contributed by atoms with Crippen molar-refractivity contribution in [1.29, 1.82) is 0 Å². The van der Waals surface area contributed by atoms with Crippen molar-refractivity contribution in [3.8, 4) is 6.01 Å². The molecule has 0 saturated heterocycles. The lowest BCUT2D eigenvalue weighted by molar-refractivity contribution is 0.292. The Balaban J connectivity index is 2.62. The third-order valence-electron chi connectivity index (χ3n) is 1.48. The van der Waals surface area contributed by atoms with Gasteiger partial charge in [0.05, 0.1) is 6.61 Å². The standard InChI is InChI=1S/C8H13ClN4O2/c1-2-15-8-12-6(9)11-7(13-8)10-4-3-5-14/h14H,2-5H2,1H3,(H,10,11,12,13). The molecule has 1 rings (SSSR count). The largest absolute Gasteiger partial charge is 0.464 e. The first kappa shape index (κ1) is 11.9. The predicted molar refractivity (Wildman–Crippen MR) is 56.2 cm³/mol. The average molecular weight is 233 g/mol.